The summed E-state index contributed by atoms with van der Waals surface area (Å²) < 4.78 is 32.4. The molecular weight excluding hydrogens is 392 g/mol. The second kappa shape index (κ2) is 8.83. The van der Waals surface area contributed by atoms with E-state index in [1.165, 1.54) is 31.4 Å². The van der Waals surface area contributed by atoms with E-state index < -0.39 is 27.4 Å². The molecule has 2 aliphatic rings. The lowest BCUT2D eigenvalue weighted by atomic mass is 9.81. The third kappa shape index (κ3) is 4.48. The van der Waals surface area contributed by atoms with Crippen LogP contribution >= 0.6 is 0 Å². The highest BCUT2D eigenvalue weighted by Gasteiger charge is 2.42. The number of ether oxygens (including phenoxy) is 1. The number of carbonyl (C=O) groups excluding carboxylic acids is 2. The highest BCUT2D eigenvalue weighted by atomic mass is 32.2. The number of methoxy groups -OCH3 is 1. The number of carbonyl (C=O) groups is 2. The summed E-state index contributed by atoms with van der Waals surface area (Å²) in [4.78, 5) is 25.3. The zero-order valence-corrected chi connectivity index (χ0v) is 18.0. The minimum absolute atomic E-state index is 0.0251. The van der Waals surface area contributed by atoms with Gasteiger partial charge in [0.15, 0.2) is 0 Å². The van der Waals surface area contributed by atoms with Gasteiger partial charge in [-0.3, -0.25) is 4.79 Å². The van der Waals surface area contributed by atoms with Crippen molar-refractivity contribution in [3.63, 3.8) is 0 Å². The van der Waals surface area contributed by atoms with Gasteiger partial charge in [-0.05, 0) is 56.9 Å². The van der Waals surface area contributed by atoms with Crippen molar-refractivity contribution in [3.05, 3.63) is 29.8 Å². The number of nitrogens with one attached hydrogen (secondary N) is 1. The van der Waals surface area contributed by atoms with Crippen LogP contribution in [0.4, 0.5) is 0 Å². The lowest BCUT2D eigenvalue weighted by molar-refractivity contribution is -0.149. The lowest BCUT2D eigenvalue weighted by Crippen LogP contribution is -2.56. The molecule has 29 heavy (non-hydrogen) atoms. The van der Waals surface area contributed by atoms with E-state index in [0.29, 0.717) is 24.9 Å². The molecule has 1 atom stereocenters. The highest BCUT2D eigenvalue weighted by Crippen LogP contribution is 2.30. The van der Waals surface area contributed by atoms with Crippen LogP contribution in [0.1, 0.15) is 68.6 Å². The SMILES string of the molecule is COC(=O)C1(NC(=O)c2ccc(S(=O)(=O)N3CCCC[C@@H]3C)cc2)CCCCC1. The molecular formula is C21H30N2O5S. The van der Waals surface area contributed by atoms with Crippen LogP contribution in [0.3, 0.4) is 0 Å². The monoisotopic (exact) mass is 422 g/mol. The molecule has 0 radical (unpaired) electrons. The standard InChI is InChI=1S/C21H30N2O5S/c1-16-8-4-7-15-23(16)29(26,27)18-11-9-17(10-12-18)19(24)22-21(20(25)28-2)13-5-3-6-14-21/h9-12,16H,3-8,13-15H2,1-2H3,(H,22,24)/t16-/m0/s1. The molecule has 160 valence electrons. The molecule has 1 amide bonds. The van der Waals surface area contributed by atoms with Crippen molar-refractivity contribution in [2.75, 3.05) is 13.7 Å². The summed E-state index contributed by atoms with van der Waals surface area (Å²) in [6.07, 6.45) is 6.57. The zero-order chi connectivity index (χ0) is 21.1. The first-order chi connectivity index (χ1) is 13.8. The Morgan fingerprint density at radius 2 is 1.72 bits per heavy atom. The number of esters is 1. The van der Waals surface area contributed by atoms with Crippen LogP contribution in [-0.2, 0) is 19.6 Å². The minimum atomic E-state index is -3.58. The van der Waals surface area contributed by atoms with E-state index in [0.717, 1.165) is 38.5 Å². The van der Waals surface area contributed by atoms with Crippen molar-refractivity contribution < 1.29 is 22.7 Å². The van der Waals surface area contributed by atoms with Gasteiger partial charge >= 0.3 is 5.97 Å². The average molecular weight is 423 g/mol. The van der Waals surface area contributed by atoms with E-state index in [1.54, 1.807) is 4.31 Å². The van der Waals surface area contributed by atoms with Crippen molar-refractivity contribution in [3.8, 4) is 0 Å². The summed E-state index contributed by atoms with van der Waals surface area (Å²) in [5, 5.41) is 2.85. The van der Waals surface area contributed by atoms with Gasteiger partial charge in [-0.15, -0.1) is 0 Å². The number of amides is 1. The van der Waals surface area contributed by atoms with E-state index in [9.17, 15) is 18.0 Å². The third-order valence-corrected chi connectivity index (χ3v) is 8.13. The van der Waals surface area contributed by atoms with Gasteiger partial charge in [-0.1, -0.05) is 25.7 Å². The smallest absolute Gasteiger partial charge is 0.331 e. The fourth-order valence-electron chi connectivity index (χ4n) is 4.36. The van der Waals surface area contributed by atoms with E-state index >= 15 is 0 Å². The summed E-state index contributed by atoms with van der Waals surface area (Å²) >= 11 is 0. The van der Waals surface area contributed by atoms with Crippen LogP contribution in [-0.4, -0.2) is 49.8 Å². The van der Waals surface area contributed by atoms with Crippen molar-refractivity contribution in [2.45, 2.75) is 74.8 Å². The topological polar surface area (TPSA) is 92.8 Å². The van der Waals surface area contributed by atoms with Crippen LogP contribution in [0.2, 0.25) is 0 Å². The molecule has 1 heterocycles. The molecule has 0 spiro atoms. The second-order valence-electron chi connectivity index (χ2n) is 8.07. The molecule has 1 aromatic rings. The molecule has 0 aromatic heterocycles. The number of sulfonamides is 1. The number of hydrogen-bond donors (Lipinski definition) is 1. The van der Waals surface area contributed by atoms with E-state index in [2.05, 4.69) is 5.32 Å². The molecule has 3 rings (SSSR count). The van der Waals surface area contributed by atoms with E-state index in [1.807, 2.05) is 6.92 Å². The van der Waals surface area contributed by atoms with Gasteiger partial charge in [-0.2, -0.15) is 4.31 Å². The van der Waals surface area contributed by atoms with Crippen LogP contribution in [0.5, 0.6) is 0 Å². The Balaban J connectivity index is 1.77. The van der Waals surface area contributed by atoms with Crippen LogP contribution in [0, 0.1) is 0 Å². The van der Waals surface area contributed by atoms with Gasteiger partial charge in [0.25, 0.3) is 5.91 Å². The lowest BCUT2D eigenvalue weighted by Gasteiger charge is -2.35. The van der Waals surface area contributed by atoms with Gasteiger partial charge in [-0.25, -0.2) is 13.2 Å². The second-order valence-corrected chi connectivity index (χ2v) is 9.96. The Labute approximate surface area is 172 Å². The number of nitrogens with zero attached hydrogens (tertiary/aromatic N) is 1. The highest BCUT2D eigenvalue weighted by molar-refractivity contribution is 7.89. The number of benzene rings is 1. The number of hydrogen-bond acceptors (Lipinski definition) is 5. The molecule has 1 saturated carbocycles. The van der Waals surface area contributed by atoms with Crippen LogP contribution in [0.25, 0.3) is 0 Å². The predicted octanol–water partition coefficient (Wildman–Crippen LogP) is 2.86. The average Bonchev–Trinajstić information content (AvgIpc) is 2.74. The maximum atomic E-state index is 12.9. The van der Waals surface area contributed by atoms with E-state index in [-0.39, 0.29) is 10.9 Å². The first kappa shape index (κ1) is 21.8. The van der Waals surface area contributed by atoms with Crippen molar-refractivity contribution in [1.82, 2.24) is 9.62 Å². The van der Waals surface area contributed by atoms with Gasteiger partial charge in [0.2, 0.25) is 10.0 Å². The molecule has 2 fully saturated rings. The quantitative estimate of drug-likeness (QED) is 0.737. The number of piperidine rings is 1. The van der Waals surface area contributed by atoms with Gasteiger partial charge < -0.3 is 10.1 Å². The van der Waals surface area contributed by atoms with Crippen LogP contribution in [0.15, 0.2) is 29.2 Å². The summed E-state index contributed by atoms with van der Waals surface area (Å²) in [6.45, 7) is 2.45. The molecule has 0 unspecified atom stereocenters. The molecule has 8 heteroatoms. The zero-order valence-electron chi connectivity index (χ0n) is 17.1. The van der Waals surface area contributed by atoms with Crippen LogP contribution < -0.4 is 5.32 Å². The Morgan fingerprint density at radius 3 is 2.31 bits per heavy atom. The third-order valence-electron chi connectivity index (χ3n) is 6.10. The maximum absolute atomic E-state index is 12.9. The molecule has 1 N–H and O–H groups in total. The first-order valence-electron chi connectivity index (χ1n) is 10.3. The maximum Gasteiger partial charge on any atom is 0.331 e. The van der Waals surface area contributed by atoms with Gasteiger partial charge in [0.05, 0.1) is 12.0 Å². The Bertz CT molecular complexity index is 844. The summed E-state index contributed by atoms with van der Waals surface area (Å²) in [5.74, 6) is -0.823. The largest absolute Gasteiger partial charge is 0.467 e. The molecule has 1 saturated heterocycles. The van der Waals surface area contributed by atoms with E-state index in [4.69, 9.17) is 4.74 Å². The fraction of sp³-hybridized carbons (Fsp3) is 0.619. The molecule has 0 bridgehead atoms. The first-order valence-corrected chi connectivity index (χ1v) is 11.8. The van der Waals surface area contributed by atoms with Crippen molar-refractivity contribution in [1.29, 1.82) is 0 Å². The summed E-state index contributed by atoms with van der Waals surface area (Å²) in [7, 11) is -2.26. The Morgan fingerprint density at radius 1 is 1.07 bits per heavy atom. The summed E-state index contributed by atoms with van der Waals surface area (Å²) in [5.41, 5.74) is -0.678. The predicted molar refractivity (Wildman–Crippen MR) is 109 cm³/mol. The van der Waals surface area contributed by atoms with Gasteiger partial charge in [0, 0.05) is 18.2 Å². The molecule has 1 aromatic carbocycles. The normalized spacial score (nSPS) is 22.6. The molecule has 7 nitrogen and oxygen atoms in total. The molecule has 1 aliphatic heterocycles. The molecule has 1 aliphatic carbocycles. The van der Waals surface area contributed by atoms with Gasteiger partial charge in [0.1, 0.15) is 5.54 Å². The van der Waals surface area contributed by atoms with Crippen molar-refractivity contribution in [2.24, 2.45) is 0 Å². The van der Waals surface area contributed by atoms with Crippen molar-refractivity contribution >= 4 is 21.9 Å². The Hall–Kier alpha value is -1.93. The fourth-order valence-corrected chi connectivity index (χ4v) is 6.06. The minimum Gasteiger partial charge on any atom is -0.467 e. The number of rotatable bonds is 5. The summed E-state index contributed by atoms with van der Waals surface area (Å²) in [6, 6.07) is 5.92. The Kier molecular flexibility index (Phi) is 6.63.